The third-order valence-corrected chi connectivity index (χ3v) is 2.45. The second kappa shape index (κ2) is 4.59. The molecule has 0 atom stereocenters. The van der Waals surface area contributed by atoms with Gasteiger partial charge in [0.2, 0.25) is 0 Å². The van der Waals surface area contributed by atoms with E-state index < -0.39 is 0 Å². The maximum absolute atomic E-state index is 5.94. The van der Waals surface area contributed by atoms with Crippen LogP contribution in [0.1, 0.15) is 32.8 Å². The molecule has 1 rings (SSSR count). The Labute approximate surface area is 102 Å². The fraction of sp³-hybridized carbons (Fsp3) is 0.385. The van der Waals surface area contributed by atoms with Gasteiger partial charge in [0.1, 0.15) is 0 Å². The average Bonchev–Trinajstić information content (AvgIpc) is 1.98. The van der Waals surface area contributed by atoms with Crippen LogP contribution in [0.25, 0.3) is 5.57 Å². The van der Waals surface area contributed by atoms with Gasteiger partial charge in [-0.25, -0.2) is 0 Å². The Morgan fingerprint density at radius 3 is 2.00 bits per heavy atom. The number of hydrogen-bond donors (Lipinski definition) is 0. The quantitative estimate of drug-likeness (QED) is 0.648. The van der Waals surface area contributed by atoms with Crippen molar-refractivity contribution < 1.29 is 0 Å². The van der Waals surface area contributed by atoms with Crippen LogP contribution in [-0.4, -0.2) is 0 Å². The molecule has 0 aliphatic heterocycles. The van der Waals surface area contributed by atoms with Crippen LogP contribution in [0.2, 0.25) is 10.0 Å². The Bertz CT molecular complexity index is 352. The van der Waals surface area contributed by atoms with Crippen molar-refractivity contribution >= 4 is 28.8 Å². The van der Waals surface area contributed by atoms with E-state index in [9.17, 15) is 0 Å². The molecule has 0 N–H and O–H groups in total. The molecule has 0 fully saturated rings. The van der Waals surface area contributed by atoms with E-state index in [1.165, 1.54) is 0 Å². The van der Waals surface area contributed by atoms with Crippen molar-refractivity contribution in [1.29, 1.82) is 0 Å². The Morgan fingerprint density at radius 2 is 1.60 bits per heavy atom. The zero-order chi connectivity index (χ0) is 11.6. The molecule has 0 bridgehead atoms. The predicted molar refractivity (Wildman–Crippen MR) is 69.6 cm³/mol. The van der Waals surface area contributed by atoms with Gasteiger partial charge in [0.15, 0.2) is 0 Å². The molecule has 0 amide bonds. The second-order valence-electron chi connectivity index (χ2n) is 5.00. The Morgan fingerprint density at radius 1 is 1.13 bits per heavy atom. The molecule has 1 aromatic carbocycles. The molecule has 0 aromatic heterocycles. The van der Waals surface area contributed by atoms with Crippen LogP contribution in [0, 0.1) is 5.41 Å². The van der Waals surface area contributed by atoms with Crippen LogP contribution in [0.5, 0.6) is 0 Å². The minimum absolute atomic E-state index is 0.228. The minimum Gasteiger partial charge on any atom is -0.0952 e. The highest BCUT2D eigenvalue weighted by molar-refractivity contribution is 6.34. The monoisotopic (exact) mass is 242 g/mol. The van der Waals surface area contributed by atoms with Gasteiger partial charge in [-0.05, 0) is 41.2 Å². The van der Waals surface area contributed by atoms with E-state index in [0.29, 0.717) is 10.0 Å². The highest BCUT2D eigenvalue weighted by Gasteiger charge is 2.13. The van der Waals surface area contributed by atoms with E-state index in [4.69, 9.17) is 23.2 Å². The van der Waals surface area contributed by atoms with Crippen molar-refractivity contribution in [2.45, 2.75) is 27.2 Å². The first-order valence-corrected chi connectivity index (χ1v) is 5.68. The lowest BCUT2D eigenvalue weighted by Crippen LogP contribution is -2.05. The zero-order valence-corrected chi connectivity index (χ0v) is 10.9. The summed E-state index contributed by atoms with van der Waals surface area (Å²) in [5, 5.41) is 1.32. The number of benzene rings is 1. The molecular formula is C13H16Cl2. The molecule has 0 aliphatic rings. The van der Waals surface area contributed by atoms with E-state index in [-0.39, 0.29) is 5.41 Å². The van der Waals surface area contributed by atoms with Gasteiger partial charge in [-0.1, -0.05) is 50.6 Å². The summed E-state index contributed by atoms with van der Waals surface area (Å²) in [5.74, 6) is 0. The summed E-state index contributed by atoms with van der Waals surface area (Å²) in [6.07, 6.45) is 0.934. The summed E-state index contributed by atoms with van der Waals surface area (Å²) in [6.45, 7) is 10.6. The van der Waals surface area contributed by atoms with Gasteiger partial charge < -0.3 is 0 Å². The summed E-state index contributed by atoms with van der Waals surface area (Å²) in [7, 11) is 0. The van der Waals surface area contributed by atoms with E-state index in [2.05, 4.69) is 27.4 Å². The molecule has 0 radical (unpaired) electrons. The van der Waals surface area contributed by atoms with Gasteiger partial charge in [0.05, 0.1) is 0 Å². The Kier molecular flexibility index (Phi) is 3.86. The van der Waals surface area contributed by atoms with Crippen LogP contribution < -0.4 is 0 Å². The molecule has 0 saturated carbocycles. The van der Waals surface area contributed by atoms with Crippen LogP contribution in [0.15, 0.2) is 24.8 Å². The van der Waals surface area contributed by atoms with Crippen molar-refractivity contribution in [3.8, 4) is 0 Å². The number of hydrogen-bond acceptors (Lipinski definition) is 0. The maximum Gasteiger partial charge on any atom is 0.0426 e. The van der Waals surface area contributed by atoms with Crippen molar-refractivity contribution in [2.75, 3.05) is 0 Å². The third kappa shape index (κ3) is 4.27. The number of halogens is 2. The normalized spacial score (nSPS) is 11.5. The van der Waals surface area contributed by atoms with Crippen molar-refractivity contribution in [1.82, 2.24) is 0 Å². The molecule has 82 valence electrons. The van der Waals surface area contributed by atoms with Gasteiger partial charge in [0, 0.05) is 10.0 Å². The number of allylic oxidation sites excluding steroid dienone is 1. The fourth-order valence-corrected chi connectivity index (χ4v) is 2.03. The van der Waals surface area contributed by atoms with Gasteiger partial charge in [-0.15, -0.1) is 0 Å². The van der Waals surface area contributed by atoms with E-state index in [0.717, 1.165) is 17.6 Å². The first-order valence-electron chi connectivity index (χ1n) is 4.92. The summed E-state index contributed by atoms with van der Waals surface area (Å²) < 4.78 is 0. The molecule has 0 unspecified atom stereocenters. The van der Waals surface area contributed by atoms with E-state index in [1.807, 2.05) is 12.1 Å². The van der Waals surface area contributed by atoms with Crippen molar-refractivity contribution in [3.05, 3.63) is 40.4 Å². The van der Waals surface area contributed by atoms with Crippen molar-refractivity contribution in [2.24, 2.45) is 5.41 Å². The SMILES string of the molecule is C=C(CC(C)(C)C)c1cc(Cl)cc(Cl)c1. The summed E-state index contributed by atoms with van der Waals surface area (Å²) in [5.41, 5.74) is 2.33. The molecule has 2 heteroatoms. The topological polar surface area (TPSA) is 0 Å². The van der Waals surface area contributed by atoms with Gasteiger partial charge in [-0.2, -0.15) is 0 Å². The highest BCUT2D eigenvalue weighted by Crippen LogP contribution is 2.31. The third-order valence-electron chi connectivity index (χ3n) is 2.01. The fourth-order valence-electron chi connectivity index (χ4n) is 1.50. The van der Waals surface area contributed by atoms with Crippen LogP contribution in [0.3, 0.4) is 0 Å². The minimum atomic E-state index is 0.228. The average molecular weight is 243 g/mol. The molecule has 1 aromatic rings. The Balaban J connectivity index is 2.92. The number of rotatable bonds is 2. The second-order valence-corrected chi connectivity index (χ2v) is 5.87. The van der Waals surface area contributed by atoms with Gasteiger partial charge in [0.25, 0.3) is 0 Å². The largest absolute Gasteiger partial charge is 0.0952 e. The van der Waals surface area contributed by atoms with E-state index >= 15 is 0 Å². The lowest BCUT2D eigenvalue weighted by Gasteiger charge is -2.20. The van der Waals surface area contributed by atoms with Crippen LogP contribution >= 0.6 is 23.2 Å². The molecule has 0 heterocycles. The molecule has 0 nitrogen and oxygen atoms in total. The highest BCUT2D eigenvalue weighted by atomic mass is 35.5. The van der Waals surface area contributed by atoms with E-state index in [1.54, 1.807) is 6.07 Å². The lowest BCUT2D eigenvalue weighted by atomic mass is 9.86. The predicted octanol–water partition coefficient (Wildman–Crippen LogP) is 5.44. The summed E-state index contributed by atoms with van der Waals surface area (Å²) in [6, 6.07) is 5.54. The Hall–Kier alpha value is -0.460. The van der Waals surface area contributed by atoms with Gasteiger partial charge in [-0.3, -0.25) is 0 Å². The van der Waals surface area contributed by atoms with Crippen LogP contribution in [0.4, 0.5) is 0 Å². The first-order chi connectivity index (χ1) is 6.78. The zero-order valence-electron chi connectivity index (χ0n) is 9.40. The van der Waals surface area contributed by atoms with Crippen molar-refractivity contribution in [3.63, 3.8) is 0 Å². The molecule has 15 heavy (non-hydrogen) atoms. The standard InChI is InChI=1S/C13H16Cl2/c1-9(8-13(2,3)4)10-5-11(14)7-12(15)6-10/h5-7H,1,8H2,2-4H3. The summed E-state index contributed by atoms with van der Waals surface area (Å²) in [4.78, 5) is 0. The molecule has 0 saturated heterocycles. The molecular weight excluding hydrogens is 227 g/mol. The molecule has 0 spiro atoms. The summed E-state index contributed by atoms with van der Waals surface area (Å²) >= 11 is 11.9. The van der Waals surface area contributed by atoms with Crippen LogP contribution in [-0.2, 0) is 0 Å². The molecule has 0 aliphatic carbocycles. The maximum atomic E-state index is 5.94. The van der Waals surface area contributed by atoms with Gasteiger partial charge >= 0.3 is 0 Å². The first kappa shape index (κ1) is 12.6. The smallest absolute Gasteiger partial charge is 0.0426 e. The lowest BCUT2D eigenvalue weighted by molar-refractivity contribution is 0.427.